The number of piperidine rings is 1. The molecule has 0 bridgehead atoms. The summed E-state index contributed by atoms with van der Waals surface area (Å²) in [6.45, 7) is 14.5. The number of carbonyl (C=O) groups excluding carboxylic acids is 3. The molecule has 0 spiro atoms. The molecule has 6 rings (SSSR count). The Bertz CT molecular complexity index is 2000. The summed E-state index contributed by atoms with van der Waals surface area (Å²) >= 11 is 0. The average Bonchev–Trinajstić information content (AvgIpc) is 3.90. The van der Waals surface area contributed by atoms with E-state index in [1.54, 1.807) is 64.9 Å². The Balaban J connectivity index is 1.56. The first-order valence-electron chi connectivity index (χ1n) is 18.0. The lowest BCUT2D eigenvalue weighted by Gasteiger charge is -2.26. The zero-order valence-corrected chi connectivity index (χ0v) is 31.8. The van der Waals surface area contributed by atoms with Crippen LogP contribution < -0.4 is 15.4 Å². The fourth-order valence-corrected chi connectivity index (χ4v) is 7.49. The Labute approximate surface area is 309 Å². The van der Waals surface area contributed by atoms with Gasteiger partial charge >= 0.3 is 18.5 Å². The molecular formula is C38H46F5N5O6. The lowest BCUT2D eigenvalue weighted by atomic mass is 9.95. The molecule has 2 aliphatic carbocycles. The molecule has 3 heterocycles. The molecule has 0 radical (unpaired) electrons. The zero-order valence-electron chi connectivity index (χ0n) is 31.8. The van der Waals surface area contributed by atoms with Crippen molar-refractivity contribution in [3.63, 3.8) is 0 Å². The molecule has 54 heavy (non-hydrogen) atoms. The van der Waals surface area contributed by atoms with Gasteiger partial charge in [0.25, 0.3) is 0 Å². The molecule has 2 unspecified atom stereocenters. The van der Waals surface area contributed by atoms with Crippen LogP contribution in [0.25, 0.3) is 22.2 Å². The summed E-state index contributed by atoms with van der Waals surface area (Å²) in [7, 11) is 1.49. The lowest BCUT2D eigenvalue weighted by Crippen LogP contribution is -2.37. The van der Waals surface area contributed by atoms with Crippen molar-refractivity contribution < 1.29 is 50.5 Å². The Morgan fingerprint density at radius 2 is 1.57 bits per heavy atom. The van der Waals surface area contributed by atoms with Gasteiger partial charge in [0.2, 0.25) is 5.91 Å². The van der Waals surface area contributed by atoms with E-state index in [2.05, 4.69) is 20.4 Å². The number of fused-ring (bicyclic) bond motifs is 2. The first kappa shape index (κ1) is 39.1. The van der Waals surface area contributed by atoms with E-state index in [0.29, 0.717) is 48.8 Å². The van der Waals surface area contributed by atoms with Crippen LogP contribution in [0.15, 0.2) is 12.1 Å². The van der Waals surface area contributed by atoms with Crippen molar-refractivity contribution in [2.24, 2.45) is 11.8 Å². The standard InChI is InChI=1S/C38H46F5N5O6/c1-17(2)30-28-27(26-21-15-47(16-22(21)26)35(51)54-37(6,7)8)24(14-25(49)44-9)48(19-10-11-19)32(28)29(40)31(46-30)20-12-18(45-34(50)53-36(3,4)5)13-23(39)33(20)52-38(41,42)43/h12-13,17,19,21-22,26H,10-11,14-16H2,1-9H3,(H,44,49)(H,45,50). The number of likely N-dealkylation sites (N-methyl/N-ethyl adjacent to an activating group) is 1. The number of hydrogen-bond donors (Lipinski definition) is 2. The van der Waals surface area contributed by atoms with Crippen molar-refractivity contribution in [3.8, 4) is 17.0 Å². The minimum atomic E-state index is -5.36. The monoisotopic (exact) mass is 763 g/mol. The fraction of sp³-hybridized carbons (Fsp3) is 0.579. The van der Waals surface area contributed by atoms with Gasteiger partial charge in [-0.25, -0.2) is 23.4 Å². The molecule has 1 saturated heterocycles. The number of pyridine rings is 1. The van der Waals surface area contributed by atoms with Crippen LogP contribution in [0.2, 0.25) is 0 Å². The third-order valence-corrected chi connectivity index (χ3v) is 9.66. The summed E-state index contributed by atoms with van der Waals surface area (Å²) < 4.78 is 91.2. The van der Waals surface area contributed by atoms with Crippen LogP contribution in [0.4, 0.5) is 37.2 Å². The van der Waals surface area contributed by atoms with Crippen LogP contribution >= 0.6 is 0 Å². The Morgan fingerprint density at radius 3 is 2.09 bits per heavy atom. The molecule has 16 heteroatoms. The first-order chi connectivity index (χ1) is 25.0. The van der Waals surface area contributed by atoms with Crippen LogP contribution in [-0.4, -0.2) is 70.2 Å². The summed E-state index contributed by atoms with van der Waals surface area (Å²) in [6.07, 6.45) is -5.61. The number of hydrogen-bond acceptors (Lipinski definition) is 7. The minimum Gasteiger partial charge on any atom is -0.444 e. The van der Waals surface area contributed by atoms with Crippen molar-refractivity contribution in [3.05, 3.63) is 40.7 Å². The quantitative estimate of drug-likeness (QED) is 0.221. The van der Waals surface area contributed by atoms with E-state index in [0.717, 1.165) is 11.6 Å². The number of carbonyl (C=O) groups is 3. The van der Waals surface area contributed by atoms with E-state index >= 15 is 8.78 Å². The van der Waals surface area contributed by atoms with Crippen LogP contribution in [0.3, 0.4) is 0 Å². The van der Waals surface area contributed by atoms with E-state index in [1.165, 1.54) is 7.05 Å². The van der Waals surface area contributed by atoms with Gasteiger partial charge in [-0.15, -0.1) is 13.2 Å². The maximum Gasteiger partial charge on any atom is 0.573 e. The predicted octanol–water partition coefficient (Wildman–Crippen LogP) is 8.55. The lowest BCUT2D eigenvalue weighted by molar-refractivity contribution is -0.275. The van der Waals surface area contributed by atoms with Gasteiger partial charge in [0, 0.05) is 49.0 Å². The average molecular weight is 764 g/mol. The second kappa shape index (κ2) is 13.6. The second-order valence-corrected chi connectivity index (χ2v) is 16.6. The highest BCUT2D eigenvalue weighted by atomic mass is 19.4. The summed E-state index contributed by atoms with van der Waals surface area (Å²) in [5.41, 5.74) is -1.62. The minimum absolute atomic E-state index is 0.0153. The molecule has 3 aromatic rings. The molecule has 294 valence electrons. The highest BCUT2D eigenvalue weighted by molar-refractivity contribution is 5.95. The number of ether oxygens (including phenoxy) is 3. The molecule has 2 aromatic heterocycles. The Hall–Kier alpha value is -4.63. The van der Waals surface area contributed by atoms with Gasteiger partial charge in [-0.3, -0.25) is 10.1 Å². The van der Waals surface area contributed by atoms with Gasteiger partial charge in [-0.05, 0) is 89.7 Å². The molecule has 1 aliphatic heterocycles. The van der Waals surface area contributed by atoms with Crippen LogP contribution in [0.5, 0.6) is 5.75 Å². The van der Waals surface area contributed by atoms with E-state index < -0.39 is 64.3 Å². The first-order valence-corrected chi connectivity index (χ1v) is 18.0. The smallest absolute Gasteiger partial charge is 0.444 e. The van der Waals surface area contributed by atoms with Gasteiger partial charge in [0.1, 0.15) is 16.9 Å². The number of halogens is 5. The molecular weight excluding hydrogens is 717 g/mol. The molecule has 2 atom stereocenters. The van der Waals surface area contributed by atoms with Crippen molar-refractivity contribution >= 4 is 34.7 Å². The Morgan fingerprint density at radius 1 is 0.963 bits per heavy atom. The number of likely N-dealkylation sites (tertiary alicyclic amines) is 1. The zero-order chi connectivity index (χ0) is 39.8. The number of alkyl halides is 3. The number of benzene rings is 1. The third-order valence-electron chi connectivity index (χ3n) is 9.66. The number of anilines is 1. The third kappa shape index (κ3) is 7.92. The van der Waals surface area contributed by atoms with Crippen molar-refractivity contribution in [2.45, 2.75) is 110 Å². The number of nitrogens with zero attached hydrogens (tertiary/aromatic N) is 3. The number of amides is 3. The molecule has 2 N–H and O–H groups in total. The molecule has 2 saturated carbocycles. The summed E-state index contributed by atoms with van der Waals surface area (Å²) in [6, 6.07) is 1.36. The summed E-state index contributed by atoms with van der Waals surface area (Å²) in [5.74, 6) is -4.84. The second-order valence-electron chi connectivity index (χ2n) is 16.6. The van der Waals surface area contributed by atoms with E-state index in [9.17, 15) is 27.6 Å². The maximum atomic E-state index is 17.5. The van der Waals surface area contributed by atoms with Gasteiger partial charge in [-0.2, -0.15) is 0 Å². The maximum absolute atomic E-state index is 17.5. The van der Waals surface area contributed by atoms with Gasteiger partial charge in [-0.1, -0.05) is 13.8 Å². The Kier molecular flexibility index (Phi) is 9.83. The molecule has 3 fully saturated rings. The normalized spacial score (nSPS) is 19.9. The molecule has 1 aromatic carbocycles. The number of aromatic nitrogens is 2. The van der Waals surface area contributed by atoms with E-state index in [1.807, 2.05) is 0 Å². The van der Waals surface area contributed by atoms with Crippen LogP contribution in [0, 0.1) is 23.5 Å². The predicted molar refractivity (Wildman–Crippen MR) is 189 cm³/mol. The van der Waals surface area contributed by atoms with E-state index in [-0.39, 0.29) is 47.3 Å². The topological polar surface area (TPSA) is 124 Å². The van der Waals surface area contributed by atoms with Gasteiger partial charge < -0.3 is 29.0 Å². The van der Waals surface area contributed by atoms with Crippen LogP contribution in [0.1, 0.15) is 103 Å². The van der Waals surface area contributed by atoms with Crippen molar-refractivity contribution in [1.82, 2.24) is 19.8 Å². The fourth-order valence-electron chi connectivity index (χ4n) is 7.49. The largest absolute Gasteiger partial charge is 0.573 e. The van der Waals surface area contributed by atoms with Crippen LogP contribution in [-0.2, 0) is 20.7 Å². The molecule has 11 nitrogen and oxygen atoms in total. The van der Waals surface area contributed by atoms with Crippen molar-refractivity contribution in [1.29, 1.82) is 0 Å². The summed E-state index contributed by atoms with van der Waals surface area (Å²) in [4.78, 5) is 44.9. The summed E-state index contributed by atoms with van der Waals surface area (Å²) in [5, 5.41) is 5.40. The highest BCUT2D eigenvalue weighted by Gasteiger charge is 2.60. The highest BCUT2D eigenvalue weighted by Crippen LogP contribution is 2.62. The SMILES string of the molecule is CNC(=O)Cc1c(C2C3CN(C(=O)OC(C)(C)C)CC32)c2c(C(C)C)nc(-c3cc(NC(=O)OC(C)(C)C)cc(F)c3OC(F)(F)F)c(F)c2n1C1CC1. The van der Waals surface area contributed by atoms with E-state index in [4.69, 9.17) is 9.47 Å². The number of nitrogens with one attached hydrogen (secondary N) is 2. The van der Waals surface area contributed by atoms with Gasteiger partial charge in [0.15, 0.2) is 17.4 Å². The molecule has 3 amide bonds. The van der Waals surface area contributed by atoms with Gasteiger partial charge in [0.05, 0.1) is 23.2 Å². The van der Waals surface area contributed by atoms with Crippen molar-refractivity contribution in [2.75, 3.05) is 25.5 Å². The molecule has 3 aliphatic rings. The number of rotatable bonds is 8.